The molecule has 6 heteroatoms. The third-order valence-corrected chi connectivity index (χ3v) is 3.83. The Morgan fingerprint density at radius 3 is 2.62 bits per heavy atom. The standard InChI is InChI=1S/C15H24N4O2/c1-3-6-16-14-11-13(4-5-15(14)19(20)21)12-18-9-7-17(2)8-10-18/h4-5,11,16H,3,6-10,12H2,1-2H3. The Bertz CT molecular complexity index is 485. The first-order valence-electron chi connectivity index (χ1n) is 7.52. The Hall–Kier alpha value is -1.66. The summed E-state index contributed by atoms with van der Waals surface area (Å²) in [6, 6.07) is 5.41. The molecule has 1 aromatic carbocycles. The molecule has 1 N–H and O–H groups in total. The molecule has 1 aromatic rings. The molecule has 0 bridgehead atoms. The van der Waals surface area contributed by atoms with E-state index in [0.717, 1.165) is 51.3 Å². The first-order chi connectivity index (χ1) is 10.1. The van der Waals surface area contributed by atoms with E-state index in [2.05, 4.69) is 22.2 Å². The normalized spacial score (nSPS) is 16.9. The van der Waals surface area contributed by atoms with Gasteiger partial charge in [0.05, 0.1) is 4.92 Å². The fourth-order valence-corrected chi connectivity index (χ4v) is 2.51. The number of rotatable bonds is 6. The van der Waals surface area contributed by atoms with Gasteiger partial charge in [-0.25, -0.2) is 0 Å². The van der Waals surface area contributed by atoms with Gasteiger partial charge in [0.15, 0.2) is 0 Å². The number of hydrogen-bond donors (Lipinski definition) is 1. The van der Waals surface area contributed by atoms with Crippen LogP contribution in [0.25, 0.3) is 0 Å². The second-order valence-electron chi connectivity index (χ2n) is 5.61. The smallest absolute Gasteiger partial charge is 0.292 e. The minimum Gasteiger partial charge on any atom is -0.379 e. The number of piperazine rings is 1. The van der Waals surface area contributed by atoms with Crippen molar-refractivity contribution in [2.75, 3.05) is 45.1 Å². The molecule has 6 nitrogen and oxygen atoms in total. The number of benzene rings is 1. The van der Waals surface area contributed by atoms with E-state index >= 15 is 0 Å². The van der Waals surface area contributed by atoms with Crippen LogP contribution in [-0.4, -0.2) is 54.5 Å². The second-order valence-corrected chi connectivity index (χ2v) is 5.61. The highest BCUT2D eigenvalue weighted by Crippen LogP contribution is 2.26. The summed E-state index contributed by atoms with van der Waals surface area (Å²) in [5, 5.41) is 14.2. The summed E-state index contributed by atoms with van der Waals surface area (Å²) >= 11 is 0. The van der Waals surface area contributed by atoms with Crippen molar-refractivity contribution >= 4 is 11.4 Å². The molecule has 0 unspecified atom stereocenters. The van der Waals surface area contributed by atoms with Crippen LogP contribution in [-0.2, 0) is 6.54 Å². The molecule has 2 rings (SSSR count). The summed E-state index contributed by atoms with van der Waals surface area (Å²) in [4.78, 5) is 15.5. The average molecular weight is 292 g/mol. The number of nitro benzene ring substituents is 1. The first kappa shape index (κ1) is 15.7. The lowest BCUT2D eigenvalue weighted by Crippen LogP contribution is -2.43. The second kappa shape index (κ2) is 7.38. The van der Waals surface area contributed by atoms with Gasteiger partial charge in [-0.15, -0.1) is 0 Å². The van der Waals surface area contributed by atoms with Crippen LogP contribution in [0.3, 0.4) is 0 Å². The number of nitro groups is 1. The first-order valence-corrected chi connectivity index (χ1v) is 7.52. The SMILES string of the molecule is CCCNc1cc(CN2CCN(C)CC2)ccc1[N+](=O)[O-]. The van der Waals surface area contributed by atoms with Gasteiger partial charge in [0.25, 0.3) is 5.69 Å². The van der Waals surface area contributed by atoms with Crippen LogP contribution in [0.2, 0.25) is 0 Å². The monoisotopic (exact) mass is 292 g/mol. The van der Waals surface area contributed by atoms with Crippen LogP contribution in [0.15, 0.2) is 18.2 Å². The van der Waals surface area contributed by atoms with Crippen molar-refractivity contribution in [3.05, 3.63) is 33.9 Å². The lowest BCUT2D eigenvalue weighted by molar-refractivity contribution is -0.384. The zero-order valence-electron chi connectivity index (χ0n) is 12.8. The maximum atomic E-state index is 11.1. The Morgan fingerprint density at radius 1 is 1.29 bits per heavy atom. The maximum Gasteiger partial charge on any atom is 0.292 e. The predicted octanol–water partition coefficient (Wildman–Crippen LogP) is 2.16. The summed E-state index contributed by atoms with van der Waals surface area (Å²) in [6.45, 7) is 7.90. The average Bonchev–Trinajstić information content (AvgIpc) is 2.47. The number of hydrogen-bond acceptors (Lipinski definition) is 5. The van der Waals surface area contributed by atoms with Crippen molar-refractivity contribution in [2.24, 2.45) is 0 Å². The van der Waals surface area contributed by atoms with Gasteiger partial charge >= 0.3 is 0 Å². The topological polar surface area (TPSA) is 61.6 Å². The fourth-order valence-electron chi connectivity index (χ4n) is 2.51. The lowest BCUT2D eigenvalue weighted by Gasteiger charge is -2.32. The van der Waals surface area contributed by atoms with Crippen molar-refractivity contribution < 1.29 is 4.92 Å². The van der Waals surface area contributed by atoms with E-state index in [1.165, 1.54) is 0 Å². The Labute approximate surface area is 125 Å². The van der Waals surface area contributed by atoms with Gasteiger partial charge in [-0.2, -0.15) is 0 Å². The summed E-state index contributed by atoms with van der Waals surface area (Å²) in [6.07, 6.45) is 0.944. The lowest BCUT2D eigenvalue weighted by atomic mass is 10.1. The van der Waals surface area contributed by atoms with E-state index in [-0.39, 0.29) is 10.6 Å². The van der Waals surface area contributed by atoms with E-state index in [1.807, 2.05) is 19.1 Å². The molecular weight excluding hydrogens is 268 g/mol. The Balaban J connectivity index is 2.07. The number of nitrogens with one attached hydrogen (secondary N) is 1. The zero-order valence-corrected chi connectivity index (χ0v) is 12.8. The summed E-state index contributed by atoms with van der Waals surface area (Å²) < 4.78 is 0. The van der Waals surface area contributed by atoms with Gasteiger partial charge in [-0.05, 0) is 25.1 Å². The highest BCUT2D eigenvalue weighted by atomic mass is 16.6. The van der Waals surface area contributed by atoms with Crippen LogP contribution in [0.4, 0.5) is 11.4 Å². The van der Waals surface area contributed by atoms with Gasteiger partial charge in [0.1, 0.15) is 5.69 Å². The third kappa shape index (κ3) is 4.41. The molecule has 0 amide bonds. The van der Waals surface area contributed by atoms with E-state index in [1.54, 1.807) is 6.07 Å². The molecule has 0 radical (unpaired) electrons. The third-order valence-electron chi connectivity index (χ3n) is 3.83. The van der Waals surface area contributed by atoms with E-state index in [4.69, 9.17) is 0 Å². The predicted molar refractivity (Wildman–Crippen MR) is 84.7 cm³/mol. The number of nitrogens with zero attached hydrogens (tertiary/aromatic N) is 3. The van der Waals surface area contributed by atoms with Crippen LogP contribution < -0.4 is 5.32 Å². The molecule has 21 heavy (non-hydrogen) atoms. The van der Waals surface area contributed by atoms with Crippen molar-refractivity contribution in [2.45, 2.75) is 19.9 Å². The molecule has 0 saturated carbocycles. The van der Waals surface area contributed by atoms with Crippen LogP contribution in [0, 0.1) is 10.1 Å². The summed E-state index contributed by atoms with van der Waals surface area (Å²) in [5.41, 5.74) is 1.92. The van der Waals surface area contributed by atoms with Crippen LogP contribution in [0.1, 0.15) is 18.9 Å². The summed E-state index contributed by atoms with van der Waals surface area (Å²) in [7, 11) is 2.13. The molecule has 1 aliphatic rings. The number of likely N-dealkylation sites (N-methyl/N-ethyl adjacent to an activating group) is 1. The van der Waals surface area contributed by atoms with Crippen molar-refractivity contribution in [1.29, 1.82) is 0 Å². The quantitative estimate of drug-likeness (QED) is 0.643. The molecule has 1 saturated heterocycles. The summed E-state index contributed by atoms with van der Waals surface area (Å²) in [5.74, 6) is 0. The van der Waals surface area contributed by atoms with Crippen LogP contribution in [0.5, 0.6) is 0 Å². The Kier molecular flexibility index (Phi) is 5.52. The van der Waals surface area contributed by atoms with E-state index in [0.29, 0.717) is 5.69 Å². The Morgan fingerprint density at radius 2 is 2.00 bits per heavy atom. The van der Waals surface area contributed by atoms with Gasteiger partial charge in [0, 0.05) is 45.3 Å². The molecule has 0 aliphatic carbocycles. The largest absolute Gasteiger partial charge is 0.379 e. The van der Waals surface area contributed by atoms with Crippen molar-refractivity contribution in [3.8, 4) is 0 Å². The number of anilines is 1. The van der Waals surface area contributed by atoms with Crippen LogP contribution >= 0.6 is 0 Å². The van der Waals surface area contributed by atoms with Gasteiger partial charge in [-0.1, -0.05) is 13.0 Å². The highest BCUT2D eigenvalue weighted by molar-refractivity contribution is 5.62. The minimum absolute atomic E-state index is 0.158. The molecule has 0 spiro atoms. The molecule has 0 aromatic heterocycles. The molecular formula is C15H24N4O2. The molecule has 1 fully saturated rings. The maximum absolute atomic E-state index is 11.1. The van der Waals surface area contributed by atoms with Gasteiger partial charge in [-0.3, -0.25) is 15.0 Å². The molecule has 1 heterocycles. The minimum atomic E-state index is -0.322. The van der Waals surface area contributed by atoms with E-state index < -0.39 is 0 Å². The van der Waals surface area contributed by atoms with E-state index in [9.17, 15) is 10.1 Å². The molecule has 116 valence electrons. The molecule has 0 atom stereocenters. The highest BCUT2D eigenvalue weighted by Gasteiger charge is 2.17. The fraction of sp³-hybridized carbons (Fsp3) is 0.600. The zero-order chi connectivity index (χ0) is 15.2. The van der Waals surface area contributed by atoms with Crippen molar-refractivity contribution in [3.63, 3.8) is 0 Å². The van der Waals surface area contributed by atoms with Gasteiger partial charge in [0.2, 0.25) is 0 Å². The molecule has 1 aliphatic heterocycles. The van der Waals surface area contributed by atoms with Gasteiger partial charge < -0.3 is 10.2 Å². The van der Waals surface area contributed by atoms with Crippen molar-refractivity contribution in [1.82, 2.24) is 9.80 Å².